The van der Waals surface area contributed by atoms with Crippen LogP contribution in [0, 0.1) is 13.8 Å². The van der Waals surface area contributed by atoms with Crippen molar-refractivity contribution in [2.45, 2.75) is 65.0 Å². The van der Waals surface area contributed by atoms with Crippen molar-refractivity contribution in [3.05, 3.63) is 34.9 Å². The van der Waals surface area contributed by atoms with Gasteiger partial charge in [0.2, 0.25) is 0 Å². The lowest BCUT2D eigenvalue weighted by atomic mass is 9.88. The quantitative estimate of drug-likeness (QED) is 0.812. The van der Waals surface area contributed by atoms with E-state index in [1.54, 1.807) is 0 Å². The van der Waals surface area contributed by atoms with Crippen molar-refractivity contribution in [1.29, 1.82) is 0 Å². The summed E-state index contributed by atoms with van der Waals surface area (Å²) in [6, 6.07) is 6.41. The molecular formula is C16H27NO. The minimum Gasteiger partial charge on any atom is -0.391 e. The lowest BCUT2D eigenvalue weighted by Gasteiger charge is -2.23. The molecule has 0 aliphatic heterocycles. The summed E-state index contributed by atoms with van der Waals surface area (Å²) in [5.41, 5.74) is 9.87. The summed E-state index contributed by atoms with van der Waals surface area (Å²) >= 11 is 0. The summed E-state index contributed by atoms with van der Waals surface area (Å²) in [5.74, 6) is 0.350. The second kappa shape index (κ2) is 6.91. The van der Waals surface area contributed by atoms with Crippen molar-refractivity contribution < 1.29 is 5.11 Å². The second-order valence-electron chi connectivity index (χ2n) is 5.52. The third kappa shape index (κ3) is 4.11. The van der Waals surface area contributed by atoms with E-state index in [4.69, 9.17) is 5.73 Å². The first-order valence-electron chi connectivity index (χ1n) is 6.96. The topological polar surface area (TPSA) is 46.2 Å². The maximum Gasteiger partial charge on any atom is 0.0696 e. The zero-order valence-corrected chi connectivity index (χ0v) is 12.1. The van der Waals surface area contributed by atoms with E-state index in [0.29, 0.717) is 5.92 Å². The molecule has 1 aromatic rings. The third-order valence-corrected chi connectivity index (χ3v) is 3.68. The molecule has 0 fully saturated rings. The van der Waals surface area contributed by atoms with E-state index in [1.807, 2.05) is 0 Å². The zero-order valence-electron chi connectivity index (χ0n) is 12.1. The van der Waals surface area contributed by atoms with Gasteiger partial charge in [0, 0.05) is 6.04 Å². The van der Waals surface area contributed by atoms with Crippen molar-refractivity contribution in [2.75, 3.05) is 0 Å². The van der Waals surface area contributed by atoms with Gasteiger partial charge in [-0.2, -0.15) is 0 Å². The summed E-state index contributed by atoms with van der Waals surface area (Å²) in [7, 11) is 0. The van der Waals surface area contributed by atoms with Crippen LogP contribution in [-0.4, -0.2) is 17.3 Å². The van der Waals surface area contributed by atoms with E-state index in [1.165, 1.54) is 16.7 Å². The number of aliphatic hydroxyl groups excluding tert-OH is 1. The fraction of sp³-hybridized carbons (Fsp3) is 0.625. The molecule has 2 nitrogen and oxygen atoms in total. The van der Waals surface area contributed by atoms with Crippen molar-refractivity contribution in [2.24, 2.45) is 5.73 Å². The van der Waals surface area contributed by atoms with Crippen molar-refractivity contribution in [3.8, 4) is 0 Å². The molecule has 1 rings (SSSR count). The summed E-state index contributed by atoms with van der Waals surface area (Å²) < 4.78 is 0. The number of hydrogen-bond acceptors (Lipinski definition) is 2. The van der Waals surface area contributed by atoms with E-state index in [9.17, 15) is 5.11 Å². The van der Waals surface area contributed by atoms with Gasteiger partial charge in [-0.25, -0.2) is 0 Å². The van der Waals surface area contributed by atoms with Crippen molar-refractivity contribution in [1.82, 2.24) is 0 Å². The molecule has 0 aliphatic rings. The van der Waals surface area contributed by atoms with E-state index < -0.39 is 6.10 Å². The minimum atomic E-state index is -0.403. The Morgan fingerprint density at radius 3 is 2.56 bits per heavy atom. The van der Waals surface area contributed by atoms with Crippen LogP contribution in [0.3, 0.4) is 0 Å². The number of aryl methyl sites for hydroxylation is 2. The normalized spacial score (nSPS) is 16.3. The summed E-state index contributed by atoms with van der Waals surface area (Å²) in [6.07, 6.45) is 2.25. The molecule has 0 amide bonds. The SMILES string of the molecule is CCCC(N)C(O)CC(C)c1cc(C)ccc1C. The predicted octanol–water partition coefficient (Wildman–Crippen LogP) is 3.29. The molecule has 0 spiro atoms. The number of hydrogen-bond donors (Lipinski definition) is 2. The van der Waals surface area contributed by atoms with E-state index in [-0.39, 0.29) is 6.04 Å². The van der Waals surface area contributed by atoms with Gasteiger partial charge in [0.15, 0.2) is 0 Å². The van der Waals surface area contributed by atoms with Gasteiger partial charge in [-0.3, -0.25) is 0 Å². The molecule has 18 heavy (non-hydrogen) atoms. The number of aliphatic hydroxyl groups is 1. The highest BCUT2D eigenvalue weighted by atomic mass is 16.3. The first-order valence-corrected chi connectivity index (χ1v) is 6.96. The van der Waals surface area contributed by atoms with E-state index >= 15 is 0 Å². The van der Waals surface area contributed by atoms with Gasteiger partial charge >= 0.3 is 0 Å². The fourth-order valence-corrected chi connectivity index (χ4v) is 2.48. The Morgan fingerprint density at radius 1 is 1.28 bits per heavy atom. The maximum atomic E-state index is 10.1. The van der Waals surface area contributed by atoms with Gasteiger partial charge in [-0.15, -0.1) is 0 Å². The van der Waals surface area contributed by atoms with E-state index in [2.05, 4.69) is 45.9 Å². The van der Waals surface area contributed by atoms with Crippen LogP contribution >= 0.6 is 0 Å². The van der Waals surface area contributed by atoms with Crippen LogP contribution in [-0.2, 0) is 0 Å². The Bertz CT molecular complexity index is 375. The van der Waals surface area contributed by atoms with Gasteiger partial charge in [-0.05, 0) is 43.7 Å². The lowest BCUT2D eigenvalue weighted by molar-refractivity contribution is 0.124. The van der Waals surface area contributed by atoms with Gasteiger partial charge in [0.25, 0.3) is 0 Å². The summed E-state index contributed by atoms with van der Waals surface area (Å²) in [4.78, 5) is 0. The van der Waals surface area contributed by atoms with Crippen LogP contribution in [0.4, 0.5) is 0 Å². The second-order valence-corrected chi connectivity index (χ2v) is 5.52. The van der Waals surface area contributed by atoms with Crippen LogP contribution in [0.25, 0.3) is 0 Å². The molecule has 0 heterocycles. The zero-order chi connectivity index (χ0) is 13.7. The molecule has 3 N–H and O–H groups in total. The molecule has 0 bridgehead atoms. The van der Waals surface area contributed by atoms with Gasteiger partial charge in [-0.1, -0.05) is 44.0 Å². The molecule has 1 aromatic carbocycles. The van der Waals surface area contributed by atoms with E-state index in [0.717, 1.165) is 19.3 Å². The number of benzene rings is 1. The average Bonchev–Trinajstić information content (AvgIpc) is 2.32. The predicted molar refractivity (Wildman–Crippen MR) is 77.8 cm³/mol. The van der Waals surface area contributed by atoms with Gasteiger partial charge in [0.1, 0.15) is 0 Å². The van der Waals surface area contributed by atoms with Crippen molar-refractivity contribution in [3.63, 3.8) is 0 Å². The molecular weight excluding hydrogens is 222 g/mol. The summed E-state index contributed by atoms with van der Waals surface area (Å²) in [5, 5.41) is 10.1. The Morgan fingerprint density at radius 2 is 1.94 bits per heavy atom. The first kappa shape index (κ1) is 15.2. The van der Waals surface area contributed by atoms with Crippen LogP contribution in [0.15, 0.2) is 18.2 Å². The van der Waals surface area contributed by atoms with Crippen molar-refractivity contribution >= 4 is 0 Å². The van der Waals surface area contributed by atoms with Gasteiger partial charge < -0.3 is 10.8 Å². The monoisotopic (exact) mass is 249 g/mol. The summed E-state index contributed by atoms with van der Waals surface area (Å²) in [6.45, 7) is 8.50. The molecule has 0 saturated heterocycles. The molecule has 2 heteroatoms. The first-order chi connectivity index (χ1) is 8.45. The third-order valence-electron chi connectivity index (χ3n) is 3.68. The molecule has 0 radical (unpaired) electrons. The largest absolute Gasteiger partial charge is 0.391 e. The highest BCUT2D eigenvalue weighted by Crippen LogP contribution is 2.26. The Kier molecular flexibility index (Phi) is 5.83. The molecule has 3 atom stereocenters. The molecule has 0 aliphatic carbocycles. The van der Waals surface area contributed by atoms with Crippen LogP contribution in [0.2, 0.25) is 0 Å². The van der Waals surface area contributed by atoms with Crippen LogP contribution in [0.1, 0.15) is 55.7 Å². The Balaban J connectivity index is 2.69. The maximum absolute atomic E-state index is 10.1. The minimum absolute atomic E-state index is 0.0948. The van der Waals surface area contributed by atoms with Gasteiger partial charge in [0.05, 0.1) is 6.10 Å². The highest BCUT2D eigenvalue weighted by molar-refractivity contribution is 5.33. The smallest absolute Gasteiger partial charge is 0.0696 e. The lowest BCUT2D eigenvalue weighted by Crippen LogP contribution is -2.35. The highest BCUT2D eigenvalue weighted by Gasteiger charge is 2.19. The van der Waals surface area contributed by atoms with Crippen LogP contribution < -0.4 is 5.73 Å². The Hall–Kier alpha value is -0.860. The Labute approximate surface area is 111 Å². The average molecular weight is 249 g/mol. The van der Waals surface area contributed by atoms with Crippen LogP contribution in [0.5, 0.6) is 0 Å². The fourth-order valence-electron chi connectivity index (χ4n) is 2.48. The number of rotatable bonds is 6. The molecule has 102 valence electrons. The molecule has 0 aromatic heterocycles. The molecule has 3 unspecified atom stereocenters. The standard InChI is InChI=1S/C16H27NO/c1-5-6-15(17)16(18)10-13(4)14-9-11(2)7-8-12(14)3/h7-9,13,15-16,18H,5-6,10,17H2,1-4H3. The number of nitrogens with two attached hydrogens (primary N) is 1. The molecule has 0 saturated carbocycles.